The van der Waals surface area contributed by atoms with Crippen LogP contribution in [0.25, 0.3) is 0 Å². The molecular weight excluding hydrogens is 292 g/mol. The first-order chi connectivity index (χ1) is 9.74. The summed E-state index contributed by atoms with van der Waals surface area (Å²) in [7, 11) is 0. The van der Waals surface area contributed by atoms with Crippen molar-refractivity contribution in [2.24, 2.45) is 0 Å². The largest absolute Gasteiger partial charge is 0.364 e. The van der Waals surface area contributed by atoms with Crippen molar-refractivity contribution >= 4 is 34.7 Å². The first-order valence-electron chi connectivity index (χ1n) is 6.80. The molecule has 6 heteroatoms. The number of rotatable bonds is 7. The zero-order valence-corrected chi connectivity index (χ0v) is 13.3. The van der Waals surface area contributed by atoms with Gasteiger partial charge in [0, 0.05) is 11.4 Å². The van der Waals surface area contributed by atoms with Gasteiger partial charge in [-0.1, -0.05) is 25.4 Å². The number of hydrogen-bond donors (Lipinski definition) is 2. The Kier molecular flexibility index (Phi) is 5.61. The quantitative estimate of drug-likeness (QED) is 0.805. The SMILES string of the molecule is CCCNc1ncc(Cl)c(NCc2sccc2CC)n1. The molecule has 0 fully saturated rings. The summed E-state index contributed by atoms with van der Waals surface area (Å²) < 4.78 is 0. The lowest BCUT2D eigenvalue weighted by molar-refractivity contribution is 0.950. The van der Waals surface area contributed by atoms with Gasteiger partial charge in [0.15, 0.2) is 5.82 Å². The van der Waals surface area contributed by atoms with Crippen LogP contribution in [0.1, 0.15) is 30.7 Å². The molecule has 0 amide bonds. The Balaban J connectivity index is 2.04. The Bertz CT molecular complexity index is 556. The van der Waals surface area contributed by atoms with Gasteiger partial charge < -0.3 is 10.6 Å². The van der Waals surface area contributed by atoms with Crippen molar-refractivity contribution in [3.8, 4) is 0 Å². The van der Waals surface area contributed by atoms with Gasteiger partial charge in [-0.05, 0) is 29.9 Å². The smallest absolute Gasteiger partial charge is 0.224 e. The second-order valence-electron chi connectivity index (χ2n) is 4.39. The molecule has 0 bridgehead atoms. The number of aromatic nitrogens is 2. The van der Waals surface area contributed by atoms with Gasteiger partial charge in [-0.3, -0.25) is 0 Å². The molecule has 2 N–H and O–H groups in total. The van der Waals surface area contributed by atoms with Crippen molar-refractivity contribution in [3.63, 3.8) is 0 Å². The van der Waals surface area contributed by atoms with Crippen molar-refractivity contribution in [3.05, 3.63) is 33.1 Å². The van der Waals surface area contributed by atoms with Gasteiger partial charge in [0.1, 0.15) is 5.02 Å². The first-order valence-corrected chi connectivity index (χ1v) is 8.05. The summed E-state index contributed by atoms with van der Waals surface area (Å²) in [5.41, 5.74) is 1.37. The van der Waals surface area contributed by atoms with E-state index in [1.165, 1.54) is 10.4 Å². The molecule has 0 aliphatic rings. The van der Waals surface area contributed by atoms with Gasteiger partial charge in [-0.25, -0.2) is 4.98 Å². The molecule has 0 unspecified atom stereocenters. The number of thiophene rings is 1. The highest BCUT2D eigenvalue weighted by Crippen LogP contribution is 2.23. The van der Waals surface area contributed by atoms with Gasteiger partial charge in [-0.15, -0.1) is 11.3 Å². The van der Waals surface area contributed by atoms with E-state index in [4.69, 9.17) is 11.6 Å². The molecule has 4 nitrogen and oxygen atoms in total. The van der Waals surface area contributed by atoms with Crippen molar-refractivity contribution < 1.29 is 0 Å². The topological polar surface area (TPSA) is 49.8 Å². The molecule has 2 heterocycles. The third-order valence-electron chi connectivity index (χ3n) is 2.91. The molecule has 0 spiro atoms. The van der Waals surface area contributed by atoms with Crippen molar-refractivity contribution in [2.75, 3.05) is 17.2 Å². The van der Waals surface area contributed by atoms with E-state index >= 15 is 0 Å². The molecule has 20 heavy (non-hydrogen) atoms. The minimum atomic E-state index is 0.543. The van der Waals surface area contributed by atoms with E-state index in [2.05, 4.69) is 45.9 Å². The number of aryl methyl sites for hydroxylation is 1. The van der Waals surface area contributed by atoms with E-state index in [1.807, 2.05) is 0 Å². The molecule has 0 aromatic carbocycles. The predicted molar refractivity (Wildman–Crippen MR) is 86.8 cm³/mol. The molecule has 2 rings (SSSR count). The van der Waals surface area contributed by atoms with Gasteiger partial charge in [0.05, 0.1) is 12.7 Å². The van der Waals surface area contributed by atoms with E-state index in [9.17, 15) is 0 Å². The van der Waals surface area contributed by atoms with Gasteiger partial charge in [0.25, 0.3) is 0 Å². The van der Waals surface area contributed by atoms with Crippen LogP contribution in [0.5, 0.6) is 0 Å². The molecule has 0 aliphatic heterocycles. The van der Waals surface area contributed by atoms with E-state index < -0.39 is 0 Å². The first kappa shape index (κ1) is 15.1. The molecule has 0 saturated heterocycles. The fraction of sp³-hybridized carbons (Fsp3) is 0.429. The molecule has 2 aromatic heterocycles. The molecule has 2 aromatic rings. The van der Waals surface area contributed by atoms with Gasteiger partial charge >= 0.3 is 0 Å². The second kappa shape index (κ2) is 7.45. The highest BCUT2D eigenvalue weighted by Gasteiger charge is 2.07. The minimum absolute atomic E-state index is 0.543. The lowest BCUT2D eigenvalue weighted by atomic mass is 10.2. The zero-order chi connectivity index (χ0) is 14.4. The summed E-state index contributed by atoms with van der Waals surface area (Å²) in [6.07, 6.45) is 3.70. The van der Waals surface area contributed by atoms with Gasteiger partial charge in [-0.2, -0.15) is 4.98 Å². The molecule has 0 aliphatic carbocycles. The number of nitrogens with zero attached hydrogens (tertiary/aromatic N) is 2. The molecule has 0 radical (unpaired) electrons. The van der Waals surface area contributed by atoms with Crippen molar-refractivity contribution in [1.29, 1.82) is 0 Å². The lowest BCUT2D eigenvalue weighted by Crippen LogP contribution is -2.08. The highest BCUT2D eigenvalue weighted by molar-refractivity contribution is 7.10. The predicted octanol–water partition coefficient (Wildman–Crippen LogP) is 4.19. The van der Waals surface area contributed by atoms with Crippen LogP contribution in [0.4, 0.5) is 11.8 Å². The minimum Gasteiger partial charge on any atom is -0.364 e. The molecule has 0 saturated carbocycles. The lowest BCUT2D eigenvalue weighted by Gasteiger charge is -2.09. The zero-order valence-electron chi connectivity index (χ0n) is 11.7. The van der Waals surface area contributed by atoms with Crippen LogP contribution in [0.2, 0.25) is 5.02 Å². The Morgan fingerprint density at radius 2 is 2.15 bits per heavy atom. The monoisotopic (exact) mass is 310 g/mol. The van der Waals surface area contributed by atoms with Crippen molar-refractivity contribution in [1.82, 2.24) is 9.97 Å². The van der Waals surface area contributed by atoms with E-state index in [0.29, 0.717) is 16.8 Å². The van der Waals surface area contributed by atoms with Crippen LogP contribution in [-0.2, 0) is 13.0 Å². The fourth-order valence-corrected chi connectivity index (χ4v) is 2.89. The second-order valence-corrected chi connectivity index (χ2v) is 5.80. The number of anilines is 2. The Hall–Kier alpha value is -1.33. The average Bonchev–Trinajstić information content (AvgIpc) is 2.92. The Morgan fingerprint density at radius 1 is 1.30 bits per heavy atom. The van der Waals surface area contributed by atoms with Crippen LogP contribution in [0, 0.1) is 0 Å². The molecule has 0 atom stereocenters. The summed E-state index contributed by atoms with van der Waals surface area (Å²) in [6.45, 7) is 5.86. The summed E-state index contributed by atoms with van der Waals surface area (Å²) >= 11 is 7.88. The van der Waals surface area contributed by atoms with Crippen LogP contribution in [0.3, 0.4) is 0 Å². The number of halogens is 1. The van der Waals surface area contributed by atoms with E-state index in [1.54, 1.807) is 17.5 Å². The summed E-state index contributed by atoms with van der Waals surface area (Å²) in [5, 5.41) is 9.11. The maximum atomic E-state index is 6.13. The normalized spacial score (nSPS) is 10.6. The molecule has 108 valence electrons. The Morgan fingerprint density at radius 3 is 2.90 bits per heavy atom. The van der Waals surface area contributed by atoms with Gasteiger partial charge in [0.2, 0.25) is 5.95 Å². The average molecular weight is 311 g/mol. The van der Waals surface area contributed by atoms with Crippen LogP contribution in [0.15, 0.2) is 17.6 Å². The van der Waals surface area contributed by atoms with E-state index in [-0.39, 0.29) is 0 Å². The standard InChI is InChI=1S/C14H19ClN4S/c1-3-6-16-14-18-8-11(15)13(19-14)17-9-12-10(4-2)5-7-20-12/h5,7-8H,3-4,6,9H2,1-2H3,(H2,16,17,18,19). The highest BCUT2D eigenvalue weighted by atomic mass is 35.5. The number of nitrogens with one attached hydrogen (secondary N) is 2. The Labute approximate surface area is 128 Å². The maximum Gasteiger partial charge on any atom is 0.224 e. The third-order valence-corrected chi connectivity index (χ3v) is 4.15. The maximum absolute atomic E-state index is 6.13. The summed E-state index contributed by atoms with van der Waals surface area (Å²) in [5.74, 6) is 1.29. The fourth-order valence-electron chi connectivity index (χ4n) is 1.81. The van der Waals surface area contributed by atoms with E-state index in [0.717, 1.165) is 25.9 Å². The van der Waals surface area contributed by atoms with Crippen molar-refractivity contribution in [2.45, 2.75) is 33.2 Å². The van der Waals surface area contributed by atoms with Crippen LogP contribution >= 0.6 is 22.9 Å². The summed E-state index contributed by atoms with van der Waals surface area (Å²) in [6, 6.07) is 2.16. The van der Waals surface area contributed by atoms with Crippen LogP contribution in [-0.4, -0.2) is 16.5 Å². The van der Waals surface area contributed by atoms with Crippen LogP contribution < -0.4 is 10.6 Å². The summed E-state index contributed by atoms with van der Waals surface area (Å²) in [4.78, 5) is 9.89. The number of hydrogen-bond acceptors (Lipinski definition) is 5. The third kappa shape index (κ3) is 3.84. The molecular formula is C14H19ClN4S.